The Morgan fingerprint density at radius 1 is 1.21 bits per heavy atom. The van der Waals surface area contributed by atoms with E-state index in [2.05, 4.69) is 0 Å². The minimum atomic E-state index is -0.475. The summed E-state index contributed by atoms with van der Waals surface area (Å²) in [6.45, 7) is 4.06. The number of carbonyl (C=O) groups is 1. The molecule has 0 spiro atoms. The van der Waals surface area contributed by atoms with E-state index in [9.17, 15) is 14.9 Å². The van der Waals surface area contributed by atoms with Gasteiger partial charge in [0.05, 0.1) is 15.6 Å². The van der Waals surface area contributed by atoms with Crippen LogP contribution in [0.4, 0.5) is 11.4 Å². The van der Waals surface area contributed by atoms with Gasteiger partial charge >= 0.3 is 0 Å². The molecule has 1 fully saturated rings. The van der Waals surface area contributed by atoms with Crippen LogP contribution < -0.4 is 4.90 Å². The standard InChI is InChI=1S/C16H16ClN3O4/c1-11-2-5-15(24-11)16(21)19-8-6-18(7-9-19)14-4-3-12(20(22)23)10-13(14)17/h2-5,10H,6-9H2,1H3. The second-order valence-electron chi connectivity index (χ2n) is 5.58. The van der Waals surface area contributed by atoms with E-state index in [0.717, 1.165) is 5.69 Å². The summed E-state index contributed by atoms with van der Waals surface area (Å²) >= 11 is 6.16. The lowest BCUT2D eigenvalue weighted by molar-refractivity contribution is -0.384. The molecule has 126 valence electrons. The minimum absolute atomic E-state index is 0.0363. The smallest absolute Gasteiger partial charge is 0.289 e. The maximum Gasteiger partial charge on any atom is 0.289 e. The minimum Gasteiger partial charge on any atom is -0.456 e. The Morgan fingerprint density at radius 3 is 2.46 bits per heavy atom. The van der Waals surface area contributed by atoms with E-state index < -0.39 is 4.92 Å². The van der Waals surface area contributed by atoms with Crippen molar-refractivity contribution in [2.75, 3.05) is 31.1 Å². The van der Waals surface area contributed by atoms with Gasteiger partial charge in [0.25, 0.3) is 11.6 Å². The zero-order valence-corrected chi connectivity index (χ0v) is 13.8. The van der Waals surface area contributed by atoms with Crippen LogP contribution >= 0.6 is 11.6 Å². The molecule has 3 rings (SSSR count). The van der Waals surface area contributed by atoms with E-state index in [-0.39, 0.29) is 11.6 Å². The molecule has 0 atom stereocenters. The fraction of sp³-hybridized carbons (Fsp3) is 0.312. The van der Waals surface area contributed by atoms with Crippen LogP contribution in [0.15, 0.2) is 34.7 Å². The molecule has 0 radical (unpaired) electrons. The Hall–Kier alpha value is -2.54. The second-order valence-corrected chi connectivity index (χ2v) is 5.99. The first-order valence-corrected chi connectivity index (χ1v) is 7.88. The molecule has 1 aromatic carbocycles. The highest BCUT2D eigenvalue weighted by Crippen LogP contribution is 2.30. The van der Waals surface area contributed by atoms with Gasteiger partial charge in [-0.15, -0.1) is 0 Å². The maximum atomic E-state index is 12.4. The van der Waals surface area contributed by atoms with Gasteiger partial charge in [-0.05, 0) is 25.1 Å². The van der Waals surface area contributed by atoms with Crippen LogP contribution in [-0.4, -0.2) is 41.9 Å². The molecule has 1 amide bonds. The number of hydrogen-bond acceptors (Lipinski definition) is 5. The van der Waals surface area contributed by atoms with Gasteiger partial charge in [0.1, 0.15) is 5.76 Å². The third-order valence-electron chi connectivity index (χ3n) is 4.00. The highest BCUT2D eigenvalue weighted by molar-refractivity contribution is 6.33. The molecule has 0 bridgehead atoms. The monoisotopic (exact) mass is 349 g/mol. The third kappa shape index (κ3) is 3.21. The van der Waals surface area contributed by atoms with Crippen molar-refractivity contribution in [2.24, 2.45) is 0 Å². The molecule has 1 saturated heterocycles. The number of nitro groups is 1. The van der Waals surface area contributed by atoms with E-state index in [1.807, 2.05) is 4.90 Å². The average molecular weight is 350 g/mol. The van der Waals surface area contributed by atoms with E-state index in [1.54, 1.807) is 30.0 Å². The van der Waals surface area contributed by atoms with Crippen molar-refractivity contribution >= 4 is 28.9 Å². The van der Waals surface area contributed by atoms with E-state index >= 15 is 0 Å². The van der Waals surface area contributed by atoms with Crippen LogP contribution in [0.1, 0.15) is 16.3 Å². The summed E-state index contributed by atoms with van der Waals surface area (Å²) in [6.07, 6.45) is 0. The first kappa shape index (κ1) is 16.3. The van der Waals surface area contributed by atoms with Gasteiger partial charge in [-0.25, -0.2) is 0 Å². The number of halogens is 1. The number of amides is 1. The topological polar surface area (TPSA) is 79.8 Å². The van der Waals surface area contributed by atoms with Gasteiger partial charge in [0.2, 0.25) is 0 Å². The fourth-order valence-electron chi connectivity index (χ4n) is 2.72. The number of aryl methyl sites for hydroxylation is 1. The number of benzene rings is 1. The summed E-state index contributed by atoms with van der Waals surface area (Å²) in [5, 5.41) is 11.1. The number of furan rings is 1. The highest BCUT2D eigenvalue weighted by atomic mass is 35.5. The molecule has 2 heterocycles. The maximum absolute atomic E-state index is 12.4. The van der Waals surface area contributed by atoms with E-state index in [0.29, 0.717) is 42.7 Å². The number of hydrogen-bond donors (Lipinski definition) is 0. The summed E-state index contributed by atoms with van der Waals surface area (Å²) in [6, 6.07) is 7.87. The second kappa shape index (κ2) is 6.52. The summed E-state index contributed by atoms with van der Waals surface area (Å²) in [4.78, 5) is 26.4. The number of anilines is 1. The van der Waals surface area contributed by atoms with Crippen molar-refractivity contribution in [3.05, 3.63) is 57.0 Å². The van der Waals surface area contributed by atoms with Crippen molar-refractivity contribution in [1.29, 1.82) is 0 Å². The molecule has 1 aliphatic rings. The number of non-ortho nitro benzene ring substituents is 1. The summed E-state index contributed by atoms with van der Waals surface area (Å²) in [5.74, 6) is 0.918. The Labute approximate surface area is 143 Å². The van der Waals surface area contributed by atoms with Crippen molar-refractivity contribution in [3.8, 4) is 0 Å². The van der Waals surface area contributed by atoms with Gasteiger partial charge in [0, 0.05) is 38.3 Å². The molecule has 24 heavy (non-hydrogen) atoms. The van der Waals surface area contributed by atoms with Crippen molar-refractivity contribution in [1.82, 2.24) is 4.90 Å². The van der Waals surface area contributed by atoms with Crippen LogP contribution in [0.25, 0.3) is 0 Å². The van der Waals surface area contributed by atoms with E-state index in [1.165, 1.54) is 12.1 Å². The summed E-state index contributed by atoms with van der Waals surface area (Å²) in [7, 11) is 0. The largest absolute Gasteiger partial charge is 0.456 e. The predicted molar refractivity (Wildman–Crippen MR) is 89.7 cm³/mol. The van der Waals surface area contributed by atoms with Gasteiger partial charge < -0.3 is 14.2 Å². The number of rotatable bonds is 3. The summed E-state index contributed by atoms with van der Waals surface area (Å²) < 4.78 is 5.37. The number of nitro benzene ring substituents is 1. The SMILES string of the molecule is Cc1ccc(C(=O)N2CCN(c3ccc([N+](=O)[O-])cc3Cl)CC2)o1. The van der Waals surface area contributed by atoms with Crippen LogP contribution in [0.3, 0.4) is 0 Å². The lowest BCUT2D eigenvalue weighted by atomic mass is 10.2. The number of piperazine rings is 1. The highest BCUT2D eigenvalue weighted by Gasteiger charge is 2.25. The quantitative estimate of drug-likeness (QED) is 0.628. The zero-order chi connectivity index (χ0) is 17.3. The number of nitrogens with zero attached hydrogens (tertiary/aromatic N) is 3. The predicted octanol–water partition coefficient (Wildman–Crippen LogP) is 3.11. The van der Waals surface area contributed by atoms with Crippen LogP contribution in [0, 0.1) is 17.0 Å². The molecule has 1 aliphatic heterocycles. The van der Waals surface area contributed by atoms with Gasteiger partial charge in [-0.1, -0.05) is 11.6 Å². The molecule has 1 aromatic heterocycles. The van der Waals surface area contributed by atoms with Crippen molar-refractivity contribution < 1.29 is 14.1 Å². The van der Waals surface area contributed by atoms with Crippen LogP contribution in [0.5, 0.6) is 0 Å². The lowest BCUT2D eigenvalue weighted by Crippen LogP contribution is -2.48. The Bertz CT molecular complexity index is 781. The molecular weight excluding hydrogens is 334 g/mol. The van der Waals surface area contributed by atoms with Gasteiger partial charge in [0.15, 0.2) is 5.76 Å². The molecule has 2 aromatic rings. The van der Waals surface area contributed by atoms with Crippen LogP contribution in [0.2, 0.25) is 5.02 Å². The Balaban J connectivity index is 1.67. The third-order valence-corrected chi connectivity index (χ3v) is 4.30. The van der Waals surface area contributed by atoms with E-state index in [4.69, 9.17) is 16.0 Å². The lowest BCUT2D eigenvalue weighted by Gasteiger charge is -2.36. The molecule has 0 unspecified atom stereocenters. The molecule has 8 heteroatoms. The fourth-order valence-corrected chi connectivity index (χ4v) is 3.02. The molecule has 0 N–H and O–H groups in total. The van der Waals surface area contributed by atoms with Crippen molar-refractivity contribution in [2.45, 2.75) is 6.92 Å². The summed E-state index contributed by atoms with van der Waals surface area (Å²) in [5.41, 5.74) is 0.703. The Morgan fingerprint density at radius 2 is 1.92 bits per heavy atom. The Kier molecular flexibility index (Phi) is 4.44. The van der Waals surface area contributed by atoms with Crippen LogP contribution in [-0.2, 0) is 0 Å². The molecule has 7 nitrogen and oxygen atoms in total. The van der Waals surface area contributed by atoms with Gasteiger partial charge in [-0.3, -0.25) is 14.9 Å². The van der Waals surface area contributed by atoms with Crippen molar-refractivity contribution in [3.63, 3.8) is 0 Å². The molecular formula is C16H16ClN3O4. The molecule has 0 saturated carbocycles. The normalized spacial score (nSPS) is 14.8. The first-order chi connectivity index (χ1) is 11.5. The van der Waals surface area contributed by atoms with Gasteiger partial charge in [-0.2, -0.15) is 0 Å². The first-order valence-electron chi connectivity index (χ1n) is 7.50. The molecule has 0 aliphatic carbocycles. The average Bonchev–Trinajstić information content (AvgIpc) is 3.00. The zero-order valence-electron chi connectivity index (χ0n) is 13.1. The number of carbonyl (C=O) groups excluding carboxylic acids is 1.